The van der Waals surface area contributed by atoms with E-state index in [4.69, 9.17) is 10.0 Å². The lowest BCUT2D eigenvalue weighted by molar-refractivity contribution is -0.145. The highest BCUT2D eigenvalue weighted by Crippen LogP contribution is 2.37. The van der Waals surface area contributed by atoms with Gasteiger partial charge in [0.15, 0.2) is 0 Å². The summed E-state index contributed by atoms with van der Waals surface area (Å²) in [6.45, 7) is 0.732. The van der Waals surface area contributed by atoms with Crippen LogP contribution in [-0.4, -0.2) is 41.8 Å². The van der Waals surface area contributed by atoms with Crippen LogP contribution in [0.4, 0.5) is 5.69 Å². The predicted octanol–water partition coefficient (Wildman–Crippen LogP) is 2.10. The van der Waals surface area contributed by atoms with Crippen molar-refractivity contribution in [1.82, 2.24) is 0 Å². The topological polar surface area (TPSA) is 81.0 Å². The Hall–Kier alpha value is -1.53. The minimum absolute atomic E-state index is 0.132. The fourth-order valence-electron chi connectivity index (χ4n) is 3.63. The summed E-state index contributed by atoms with van der Waals surface area (Å²) >= 11 is 0. The summed E-state index contributed by atoms with van der Waals surface area (Å²) in [6, 6.07) is 10.0. The number of carbonyl (C=O) groups is 1. The maximum Gasteiger partial charge on any atom is 0.451 e. The number of nitrogens with zero attached hydrogens (tertiary/aromatic N) is 1. The molecule has 0 amide bonds. The third-order valence-electron chi connectivity index (χ3n) is 4.96. The Morgan fingerprint density at radius 2 is 1.96 bits per heavy atom. The molecule has 1 fully saturated rings. The molecule has 1 aliphatic carbocycles. The Morgan fingerprint density at radius 1 is 1.26 bits per heavy atom. The van der Waals surface area contributed by atoms with E-state index in [1.807, 2.05) is 37.4 Å². The van der Waals surface area contributed by atoms with E-state index in [0.29, 0.717) is 19.2 Å². The highest BCUT2D eigenvalue weighted by Gasteiger charge is 2.35. The number of para-hydroxylation sites is 1. The Kier molecular flexibility index (Phi) is 6.48. The van der Waals surface area contributed by atoms with E-state index in [1.54, 1.807) is 0 Å². The van der Waals surface area contributed by atoms with Crippen molar-refractivity contribution in [3.63, 3.8) is 0 Å². The third kappa shape index (κ3) is 5.25. The van der Waals surface area contributed by atoms with Gasteiger partial charge in [-0.05, 0) is 43.1 Å². The first-order valence-electron chi connectivity index (χ1n) is 8.32. The number of hydrogen-bond donors (Lipinski definition) is 3. The van der Waals surface area contributed by atoms with Crippen LogP contribution in [0.25, 0.3) is 0 Å². The standard InChI is InChI=1S/C17H26BNO4/c1-19(15-5-3-2-4-6-15)12-14-8-7-13(9-10-18(22)23)11-16(14)17(20)21/h2-6,13-14,16,22-23H,7-12H2,1H3,(H,20,21)/t13-,14?,16-/m0/s1. The van der Waals surface area contributed by atoms with E-state index in [0.717, 1.165) is 25.1 Å². The Labute approximate surface area is 138 Å². The predicted molar refractivity (Wildman–Crippen MR) is 91.3 cm³/mol. The molecule has 23 heavy (non-hydrogen) atoms. The van der Waals surface area contributed by atoms with Crippen molar-refractivity contribution >= 4 is 18.8 Å². The first-order valence-corrected chi connectivity index (χ1v) is 8.32. The monoisotopic (exact) mass is 319 g/mol. The molecule has 1 unspecified atom stereocenters. The summed E-state index contributed by atoms with van der Waals surface area (Å²) in [5, 5.41) is 27.5. The van der Waals surface area contributed by atoms with Crippen molar-refractivity contribution < 1.29 is 19.9 Å². The highest BCUT2D eigenvalue weighted by atomic mass is 16.4. The van der Waals surface area contributed by atoms with Gasteiger partial charge in [-0.25, -0.2) is 0 Å². The van der Waals surface area contributed by atoms with Crippen LogP contribution in [-0.2, 0) is 4.79 Å². The largest absolute Gasteiger partial charge is 0.481 e. The van der Waals surface area contributed by atoms with Crippen LogP contribution in [0, 0.1) is 17.8 Å². The molecule has 6 heteroatoms. The fraction of sp³-hybridized carbons (Fsp3) is 0.588. The van der Waals surface area contributed by atoms with Crippen LogP contribution in [0.15, 0.2) is 30.3 Å². The number of hydrogen-bond acceptors (Lipinski definition) is 4. The molecule has 1 aromatic carbocycles. The molecule has 0 aromatic heterocycles. The highest BCUT2D eigenvalue weighted by molar-refractivity contribution is 6.40. The van der Waals surface area contributed by atoms with Gasteiger partial charge in [0.2, 0.25) is 0 Å². The third-order valence-corrected chi connectivity index (χ3v) is 4.96. The summed E-state index contributed by atoms with van der Waals surface area (Å²) in [7, 11) is 0.711. The van der Waals surface area contributed by atoms with Gasteiger partial charge in [0.25, 0.3) is 0 Å². The molecular weight excluding hydrogens is 293 g/mol. The van der Waals surface area contributed by atoms with Crippen molar-refractivity contribution in [2.24, 2.45) is 17.8 Å². The van der Waals surface area contributed by atoms with Crippen molar-refractivity contribution in [3.8, 4) is 0 Å². The quantitative estimate of drug-likeness (QED) is 0.671. The molecule has 1 aromatic rings. The van der Waals surface area contributed by atoms with Gasteiger partial charge < -0.3 is 20.1 Å². The normalized spacial score (nSPS) is 24.2. The molecule has 0 aliphatic heterocycles. The molecule has 3 atom stereocenters. The second-order valence-corrected chi connectivity index (χ2v) is 6.66. The summed E-state index contributed by atoms with van der Waals surface area (Å²) in [6.07, 6.45) is 3.48. The zero-order valence-corrected chi connectivity index (χ0v) is 13.6. The molecule has 0 heterocycles. The summed E-state index contributed by atoms with van der Waals surface area (Å²) in [4.78, 5) is 13.8. The zero-order chi connectivity index (χ0) is 16.8. The number of carboxylic acids is 1. The maximum absolute atomic E-state index is 11.6. The summed E-state index contributed by atoms with van der Waals surface area (Å²) in [5.74, 6) is -0.675. The van der Waals surface area contributed by atoms with Crippen LogP contribution >= 0.6 is 0 Å². The smallest absolute Gasteiger partial charge is 0.451 e. The lowest BCUT2D eigenvalue weighted by Gasteiger charge is -2.36. The number of benzene rings is 1. The molecule has 5 nitrogen and oxygen atoms in total. The van der Waals surface area contributed by atoms with Crippen LogP contribution in [0.3, 0.4) is 0 Å². The van der Waals surface area contributed by atoms with E-state index >= 15 is 0 Å². The Balaban J connectivity index is 1.95. The molecule has 3 N–H and O–H groups in total. The molecule has 0 spiro atoms. The molecule has 0 bridgehead atoms. The number of rotatable bonds is 7. The average molecular weight is 319 g/mol. The second-order valence-electron chi connectivity index (χ2n) is 6.66. The lowest BCUT2D eigenvalue weighted by atomic mass is 9.70. The van der Waals surface area contributed by atoms with Gasteiger partial charge in [-0.2, -0.15) is 0 Å². The average Bonchev–Trinajstić information content (AvgIpc) is 2.54. The van der Waals surface area contributed by atoms with Crippen molar-refractivity contribution in [1.29, 1.82) is 0 Å². The van der Waals surface area contributed by atoms with Crippen molar-refractivity contribution in [2.75, 3.05) is 18.5 Å². The van der Waals surface area contributed by atoms with Crippen molar-refractivity contribution in [2.45, 2.75) is 32.0 Å². The van der Waals surface area contributed by atoms with Gasteiger partial charge in [-0.3, -0.25) is 4.79 Å². The SMILES string of the molecule is CN(CC1CC[C@@H](CCB(O)O)C[C@@H]1C(=O)O)c1ccccc1. The lowest BCUT2D eigenvalue weighted by Crippen LogP contribution is -2.38. The molecular formula is C17H26BNO4. The van der Waals surface area contributed by atoms with Gasteiger partial charge in [0.05, 0.1) is 5.92 Å². The number of aliphatic carboxylic acids is 1. The Bertz CT molecular complexity index is 497. The van der Waals surface area contributed by atoms with E-state index in [1.165, 1.54) is 0 Å². The van der Waals surface area contributed by atoms with E-state index in [9.17, 15) is 9.90 Å². The minimum atomic E-state index is -1.29. The number of anilines is 1. The van der Waals surface area contributed by atoms with E-state index in [2.05, 4.69) is 4.90 Å². The molecule has 126 valence electrons. The maximum atomic E-state index is 11.6. The molecule has 0 saturated heterocycles. The molecule has 2 rings (SSSR count). The molecule has 1 aliphatic rings. The first-order chi connectivity index (χ1) is 11.0. The van der Waals surface area contributed by atoms with Gasteiger partial charge in [-0.1, -0.05) is 31.0 Å². The van der Waals surface area contributed by atoms with Crippen LogP contribution in [0.2, 0.25) is 6.32 Å². The van der Waals surface area contributed by atoms with E-state index in [-0.39, 0.29) is 17.8 Å². The Morgan fingerprint density at radius 3 is 2.57 bits per heavy atom. The summed E-state index contributed by atoms with van der Waals surface area (Å²) < 4.78 is 0. The van der Waals surface area contributed by atoms with E-state index < -0.39 is 13.1 Å². The van der Waals surface area contributed by atoms with Gasteiger partial charge in [0, 0.05) is 19.3 Å². The van der Waals surface area contributed by atoms with Crippen LogP contribution in [0.5, 0.6) is 0 Å². The second kappa shape index (κ2) is 8.36. The van der Waals surface area contributed by atoms with Gasteiger partial charge in [-0.15, -0.1) is 0 Å². The first kappa shape index (κ1) is 17.8. The number of carboxylic acid groups (broad SMARTS) is 1. The van der Waals surface area contributed by atoms with Crippen LogP contribution < -0.4 is 4.90 Å². The minimum Gasteiger partial charge on any atom is -0.481 e. The van der Waals surface area contributed by atoms with Crippen LogP contribution in [0.1, 0.15) is 25.7 Å². The molecule has 1 saturated carbocycles. The fourth-order valence-corrected chi connectivity index (χ4v) is 3.63. The zero-order valence-electron chi connectivity index (χ0n) is 13.6. The molecule has 0 radical (unpaired) electrons. The van der Waals surface area contributed by atoms with Gasteiger partial charge in [0.1, 0.15) is 0 Å². The summed E-state index contributed by atoms with van der Waals surface area (Å²) in [5.41, 5.74) is 1.10. The van der Waals surface area contributed by atoms with Gasteiger partial charge >= 0.3 is 13.1 Å². The van der Waals surface area contributed by atoms with Crippen molar-refractivity contribution in [3.05, 3.63) is 30.3 Å².